The first-order chi connectivity index (χ1) is 16.2. The molecule has 3 fully saturated rings. The van der Waals surface area contributed by atoms with Crippen LogP contribution >= 0.6 is 0 Å². The number of nitrogens with zero attached hydrogens (tertiary/aromatic N) is 5. The number of carbonyl (C=O) groups is 1. The molecule has 1 aliphatic carbocycles. The number of hydrogen-bond acceptors (Lipinski definition) is 6. The highest BCUT2D eigenvalue weighted by molar-refractivity contribution is 5.78. The van der Waals surface area contributed by atoms with Gasteiger partial charge in [0.1, 0.15) is 36.4 Å². The van der Waals surface area contributed by atoms with Crippen molar-refractivity contribution >= 4 is 18.1 Å². The van der Waals surface area contributed by atoms with E-state index in [2.05, 4.69) is 25.9 Å². The molecule has 1 saturated carbocycles. The summed E-state index contributed by atoms with van der Waals surface area (Å²) >= 11 is 0. The fourth-order valence-electron chi connectivity index (χ4n) is 5.00. The van der Waals surface area contributed by atoms with Crippen LogP contribution in [0.2, 0.25) is 0 Å². The summed E-state index contributed by atoms with van der Waals surface area (Å²) in [5.74, 6) is 1.30. The molecule has 4 heterocycles. The number of nitriles is 1. The molecule has 2 aromatic heterocycles. The Morgan fingerprint density at radius 2 is 2.06 bits per heavy atom. The smallest absolute Gasteiger partial charge is 0.248 e. The highest BCUT2D eigenvalue weighted by Gasteiger charge is 2.42. The second kappa shape index (κ2) is 9.16. The summed E-state index contributed by atoms with van der Waals surface area (Å²) in [6, 6.07) is 11.9. The van der Waals surface area contributed by atoms with Gasteiger partial charge in [0.15, 0.2) is 0 Å². The number of aromatic amines is 1. The predicted molar refractivity (Wildman–Crippen MR) is 121 cm³/mol. The molecule has 5 rings (SSSR count). The first kappa shape index (κ1) is 21.3. The number of anilines is 1. The number of rotatable bonds is 7. The van der Waals surface area contributed by atoms with Gasteiger partial charge in [0, 0.05) is 37.1 Å². The van der Waals surface area contributed by atoms with Crippen molar-refractivity contribution in [3.63, 3.8) is 0 Å². The van der Waals surface area contributed by atoms with Crippen LogP contribution in [0.3, 0.4) is 0 Å². The molecule has 3 unspecified atom stereocenters. The number of likely N-dealkylation sites (tertiary alicyclic amines) is 1. The summed E-state index contributed by atoms with van der Waals surface area (Å²) in [5, 5.41) is 16.2. The second-order valence-electron chi connectivity index (χ2n) is 8.93. The Morgan fingerprint density at radius 1 is 1.27 bits per heavy atom. The van der Waals surface area contributed by atoms with Crippen molar-refractivity contribution in [2.24, 2.45) is 10.9 Å². The summed E-state index contributed by atoms with van der Waals surface area (Å²) < 4.78 is 6.15. The number of piperazine rings is 1. The molecule has 9 nitrogen and oxygen atoms in total. The predicted octanol–water partition coefficient (Wildman–Crippen LogP) is 2.14. The average Bonchev–Trinajstić information content (AvgIpc) is 3.64. The van der Waals surface area contributed by atoms with E-state index in [0.717, 1.165) is 43.5 Å². The van der Waals surface area contributed by atoms with E-state index in [4.69, 9.17) is 15.4 Å². The van der Waals surface area contributed by atoms with Crippen molar-refractivity contribution < 1.29 is 9.53 Å². The molecule has 0 aromatic carbocycles. The van der Waals surface area contributed by atoms with Crippen LogP contribution in [0.15, 0.2) is 41.5 Å². The normalized spacial score (nSPS) is 23.3. The standard InChI is InChI=1S/C24H27N7O2/c25-10-16-4-9-22(27-11-16)31-18-7-8-19(31)13-30(12-18)23(32)14-33-24(17-5-6-17)20-2-1-3-21(29-20)28-15-26/h1-4,9,11,15,17-19,24H,5-8,12-14H2,(H2,26,28,29). The Hall–Kier alpha value is -3.51. The van der Waals surface area contributed by atoms with E-state index in [-0.39, 0.29) is 30.7 Å². The molecule has 3 aliphatic rings. The Bertz CT molecular complexity index is 1120. The van der Waals surface area contributed by atoms with Crippen LogP contribution in [0.25, 0.3) is 0 Å². The average molecular weight is 446 g/mol. The lowest BCUT2D eigenvalue weighted by molar-refractivity contribution is -0.139. The molecule has 0 radical (unpaired) electrons. The molecule has 2 saturated heterocycles. The van der Waals surface area contributed by atoms with Gasteiger partial charge in [-0.2, -0.15) is 5.26 Å². The van der Waals surface area contributed by atoms with Crippen LogP contribution in [0.1, 0.15) is 43.0 Å². The van der Waals surface area contributed by atoms with Crippen LogP contribution in [-0.2, 0) is 9.53 Å². The van der Waals surface area contributed by atoms with Crippen LogP contribution in [-0.4, -0.2) is 58.9 Å². The van der Waals surface area contributed by atoms with Gasteiger partial charge in [-0.3, -0.25) is 10.2 Å². The number of fused-ring (bicyclic) bond motifs is 2. The third-order valence-corrected chi connectivity index (χ3v) is 6.73. The minimum Gasteiger partial charge on any atom is -0.362 e. The number of nitrogens with one attached hydrogen (secondary N) is 2. The number of ether oxygens (including phenoxy) is 1. The number of hydrogen-bond donors (Lipinski definition) is 2. The summed E-state index contributed by atoms with van der Waals surface area (Å²) in [4.78, 5) is 29.0. The lowest BCUT2D eigenvalue weighted by Gasteiger charge is -2.41. The molecule has 170 valence electrons. The minimum atomic E-state index is -0.171. The molecular weight excluding hydrogens is 418 g/mol. The van der Waals surface area contributed by atoms with E-state index in [1.165, 1.54) is 0 Å². The monoisotopic (exact) mass is 445 g/mol. The van der Waals surface area contributed by atoms with E-state index >= 15 is 0 Å². The number of carbonyl (C=O) groups excluding carboxylic acids is 1. The third kappa shape index (κ3) is 4.52. The van der Waals surface area contributed by atoms with Crippen LogP contribution < -0.4 is 10.4 Å². The van der Waals surface area contributed by atoms with Crippen LogP contribution in [0.4, 0.5) is 5.82 Å². The maximum Gasteiger partial charge on any atom is 0.248 e. The van der Waals surface area contributed by atoms with Crippen LogP contribution in [0, 0.1) is 22.7 Å². The molecule has 3 atom stereocenters. The lowest BCUT2D eigenvalue weighted by atomic mass is 10.1. The van der Waals surface area contributed by atoms with Crippen molar-refractivity contribution in [3.05, 3.63) is 53.3 Å². The number of amides is 1. The SMILES string of the molecule is N#Cc1ccc(N2C3CCC2CN(C(=O)COC(c2ccc/c(=N/C=N)[nH]2)C2CC2)C3)nc1. The summed E-state index contributed by atoms with van der Waals surface area (Å²) in [6.07, 6.45) is 6.67. The molecule has 2 aromatic rings. The van der Waals surface area contributed by atoms with Gasteiger partial charge in [-0.1, -0.05) is 6.07 Å². The third-order valence-electron chi connectivity index (χ3n) is 6.73. The fraction of sp³-hybridized carbons (Fsp3) is 0.458. The molecule has 2 bridgehead atoms. The molecule has 9 heteroatoms. The number of pyridine rings is 2. The van der Waals surface area contributed by atoms with Crippen molar-refractivity contribution in [3.8, 4) is 6.07 Å². The van der Waals surface area contributed by atoms with E-state index in [1.807, 2.05) is 29.2 Å². The Labute approximate surface area is 192 Å². The van der Waals surface area contributed by atoms with E-state index in [1.54, 1.807) is 12.3 Å². The van der Waals surface area contributed by atoms with Gasteiger partial charge in [-0.05, 0) is 55.9 Å². The molecular formula is C24H27N7O2. The second-order valence-corrected chi connectivity index (χ2v) is 8.93. The Kier molecular flexibility index (Phi) is 5.92. The topological polar surface area (TPSA) is 121 Å². The summed E-state index contributed by atoms with van der Waals surface area (Å²) in [7, 11) is 0. The van der Waals surface area contributed by atoms with Gasteiger partial charge < -0.3 is 19.5 Å². The van der Waals surface area contributed by atoms with Crippen LogP contribution in [0.5, 0.6) is 0 Å². The highest BCUT2D eigenvalue weighted by Crippen LogP contribution is 2.42. The number of H-pyrrole nitrogens is 1. The maximum absolute atomic E-state index is 13.1. The lowest BCUT2D eigenvalue weighted by Crippen LogP contribution is -2.56. The minimum absolute atomic E-state index is 0.0188. The molecule has 1 amide bonds. The highest BCUT2D eigenvalue weighted by atomic mass is 16.5. The van der Waals surface area contributed by atoms with E-state index in [0.29, 0.717) is 30.1 Å². The largest absolute Gasteiger partial charge is 0.362 e. The maximum atomic E-state index is 13.1. The zero-order valence-electron chi connectivity index (χ0n) is 18.4. The molecule has 2 N–H and O–H groups in total. The fourth-order valence-corrected chi connectivity index (χ4v) is 5.00. The van der Waals surface area contributed by atoms with Gasteiger partial charge in [-0.15, -0.1) is 0 Å². The van der Waals surface area contributed by atoms with Gasteiger partial charge in [0.25, 0.3) is 0 Å². The Balaban J connectivity index is 1.23. The van der Waals surface area contributed by atoms with E-state index in [9.17, 15) is 4.79 Å². The van der Waals surface area contributed by atoms with Crippen molar-refractivity contribution in [2.75, 3.05) is 24.6 Å². The molecule has 2 aliphatic heterocycles. The number of aromatic nitrogens is 2. The zero-order chi connectivity index (χ0) is 22.8. The quantitative estimate of drug-likeness (QED) is 0.500. The first-order valence-corrected chi connectivity index (χ1v) is 11.4. The van der Waals surface area contributed by atoms with Gasteiger partial charge in [-0.25, -0.2) is 9.98 Å². The molecule has 33 heavy (non-hydrogen) atoms. The summed E-state index contributed by atoms with van der Waals surface area (Å²) in [5.41, 5.74) is 2.05. The van der Waals surface area contributed by atoms with Crippen molar-refractivity contribution in [1.29, 1.82) is 10.7 Å². The first-order valence-electron chi connectivity index (χ1n) is 11.4. The van der Waals surface area contributed by atoms with Gasteiger partial charge >= 0.3 is 0 Å². The van der Waals surface area contributed by atoms with Crippen molar-refractivity contribution in [2.45, 2.75) is 43.9 Å². The van der Waals surface area contributed by atoms with Gasteiger partial charge in [0.05, 0.1) is 5.56 Å². The van der Waals surface area contributed by atoms with E-state index < -0.39 is 0 Å². The Morgan fingerprint density at radius 3 is 2.70 bits per heavy atom. The zero-order valence-corrected chi connectivity index (χ0v) is 18.4. The van der Waals surface area contributed by atoms with Gasteiger partial charge in [0.2, 0.25) is 5.91 Å². The van der Waals surface area contributed by atoms with Crippen molar-refractivity contribution in [1.82, 2.24) is 14.9 Å². The molecule has 0 spiro atoms. The summed E-state index contributed by atoms with van der Waals surface area (Å²) in [6.45, 7) is 1.37.